The molecule has 0 saturated carbocycles. The van der Waals surface area contributed by atoms with Crippen LogP contribution in [0.25, 0.3) is 11.0 Å². The van der Waals surface area contributed by atoms with Crippen molar-refractivity contribution >= 4 is 22.8 Å². The predicted octanol–water partition coefficient (Wildman–Crippen LogP) is 4.63. The van der Waals surface area contributed by atoms with Crippen LogP contribution in [-0.4, -0.2) is 29.0 Å². The number of imidazole rings is 1. The van der Waals surface area contributed by atoms with Crippen molar-refractivity contribution in [2.45, 2.75) is 25.0 Å². The topological polar surface area (TPSA) is 36.3 Å². The molecule has 0 bridgehead atoms. The van der Waals surface area contributed by atoms with Gasteiger partial charge in [0.1, 0.15) is 11.5 Å². The lowest BCUT2D eigenvalue weighted by atomic mass is 10.3. The van der Waals surface area contributed by atoms with Crippen LogP contribution in [-0.2, 0) is 6.54 Å². The second-order valence-electron chi connectivity index (χ2n) is 5.41. The van der Waals surface area contributed by atoms with E-state index in [9.17, 15) is 0 Å². The molecule has 0 aliphatic carbocycles. The number of hydrogen-bond donors (Lipinski definition) is 0. The molecule has 0 aliphatic rings. The summed E-state index contributed by atoms with van der Waals surface area (Å²) in [6.45, 7) is 3.81. The van der Waals surface area contributed by atoms with Gasteiger partial charge in [0.05, 0.1) is 24.8 Å². The standard InChI is InChI=1S/C19H22N2O2S/c1-3-11-21-18-10-5-4-9-17(18)20-19(21)24-13-12-23-16-8-6-7-15(14-16)22-2/h4-10,14H,3,11-13H2,1-2H3. The van der Waals surface area contributed by atoms with E-state index in [1.165, 1.54) is 5.52 Å². The first-order valence-electron chi connectivity index (χ1n) is 8.16. The fourth-order valence-electron chi connectivity index (χ4n) is 2.59. The number of nitrogens with zero attached hydrogens (tertiary/aromatic N) is 2. The van der Waals surface area contributed by atoms with Crippen molar-refractivity contribution in [3.63, 3.8) is 0 Å². The quantitative estimate of drug-likeness (QED) is 0.442. The van der Waals surface area contributed by atoms with Gasteiger partial charge in [0, 0.05) is 18.4 Å². The van der Waals surface area contributed by atoms with E-state index in [0.717, 1.165) is 40.9 Å². The molecule has 0 N–H and O–H groups in total. The zero-order valence-corrected chi connectivity index (χ0v) is 14.9. The maximum atomic E-state index is 5.81. The van der Waals surface area contributed by atoms with Gasteiger partial charge in [-0.25, -0.2) is 4.98 Å². The molecule has 0 fully saturated rings. The van der Waals surface area contributed by atoms with Crippen molar-refractivity contribution in [2.75, 3.05) is 19.5 Å². The summed E-state index contributed by atoms with van der Waals surface area (Å²) >= 11 is 1.74. The third-order valence-corrected chi connectivity index (χ3v) is 4.63. The summed E-state index contributed by atoms with van der Waals surface area (Å²) in [6, 6.07) is 16.0. The lowest BCUT2D eigenvalue weighted by Gasteiger charge is -2.09. The Morgan fingerprint density at radius 1 is 1.08 bits per heavy atom. The van der Waals surface area contributed by atoms with Gasteiger partial charge in [-0.05, 0) is 30.7 Å². The maximum absolute atomic E-state index is 5.81. The molecule has 24 heavy (non-hydrogen) atoms. The molecule has 0 amide bonds. The molecule has 126 valence electrons. The number of methoxy groups -OCH3 is 1. The number of fused-ring (bicyclic) bond motifs is 1. The number of thioether (sulfide) groups is 1. The monoisotopic (exact) mass is 342 g/mol. The largest absolute Gasteiger partial charge is 0.497 e. The fourth-order valence-corrected chi connectivity index (χ4v) is 3.44. The van der Waals surface area contributed by atoms with Gasteiger partial charge in [0.25, 0.3) is 0 Å². The highest BCUT2D eigenvalue weighted by Gasteiger charge is 2.10. The minimum Gasteiger partial charge on any atom is -0.497 e. The molecular weight excluding hydrogens is 320 g/mol. The zero-order valence-electron chi connectivity index (χ0n) is 14.1. The predicted molar refractivity (Wildman–Crippen MR) is 99.2 cm³/mol. The van der Waals surface area contributed by atoms with Crippen molar-refractivity contribution in [3.05, 3.63) is 48.5 Å². The molecule has 0 saturated heterocycles. The van der Waals surface area contributed by atoms with Gasteiger partial charge in [0.15, 0.2) is 5.16 Å². The molecule has 2 aromatic carbocycles. The number of aromatic nitrogens is 2. The first-order chi connectivity index (χ1) is 11.8. The van der Waals surface area contributed by atoms with Gasteiger partial charge in [-0.15, -0.1) is 0 Å². The molecule has 0 aliphatic heterocycles. The minimum atomic E-state index is 0.632. The van der Waals surface area contributed by atoms with E-state index in [0.29, 0.717) is 6.61 Å². The lowest BCUT2D eigenvalue weighted by Crippen LogP contribution is -2.03. The van der Waals surface area contributed by atoms with E-state index in [2.05, 4.69) is 29.7 Å². The number of ether oxygens (including phenoxy) is 2. The second kappa shape index (κ2) is 8.11. The average molecular weight is 342 g/mol. The summed E-state index contributed by atoms with van der Waals surface area (Å²) in [4.78, 5) is 4.75. The molecule has 4 nitrogen and oxygen atoms in total. The van der Waals surface area contributed by atoms with Crippen LogP contribution in [0.3, 0.4) is 0 Å². The number of rotatable bonds is 8. The van der Waals surface area contributed by atoms with Crippen LogP contribution in [0.5, 0.6) is 11.5 Å². The molecule has 5 heteroatoms. The molecule has 0 spiro atoms. The Morgan fingerprint density at radius 3 is 2.75 bits per heavy atom. The normalized spacial score (nSPS) is 10.9. The minimum absolute atomic E-state index is 0.632. The zero-order chi connectivity index (χ0) is 16.8. The highest BCUT2D eigenvalue weighted by Crippen LogP contribution is 2.25. The Balaban J connectivity index is 1.62. The summed E-state index contributed by atoms with van der Waals surface area (Å²) in [6.07, 6.45) is 1.09. The molecule has 1 aromatic heterocycles. The summed E-state index contributed by atoms with van der Waals surface area (Å²) in [7, 11) is 1.66. The molecule has 1 heterocycles. The number of benzene rings is 2. The fraction of sp³-hybridized carbons (Fsp3) is 0.316. The van der Waals surface area contributed by atoms with Gasteiger partial charge >= 0.3 is 0 Å². The van der Waals surface area contributed by atoms with Crippen LogP contribution in [0.2, 0.25) is 0 Å². The highest BCUT2D eigenvalue weighted by atomic mass is 32.2. The van der Waals surface area contributed by atoms with Gasteiger partial charge in [-0.2, -0.15) is 0 Å². The van der Waals surface area contributed by atoms with Crippen LogP contribution < -0.4 is 9.47 Å². The van der Waals surface area contributed by atoms with Crippen molar-refractivity contribution in [1.29, 1.82) is 0 Å². The van der Waals surface area contributed by atoms with Crippen molar-refractivity contribution in [3.8, 4) is 11.5 Å². The van der Waals surface area contributed by atoms with Crippen LogP contribution in [0.4, 0.5) is 0 Å². The van der Waals surface area contributed by atoms with Crippen LogP contribution >= 0.6 is 11.8 Å². The van der Waals surface area contributed by atoms with E-state index in [1.54, 1.807) is 18.9 Å². The van der Waals surface area contributed by atoms with E-state index in [1.807, 2.05) is 30.3 Å². The summed E-state index contributed by atoms with van der Waals surface area (Å²) in [5.41, 5.74) is 2.26. The van der Waals surface area contributed by atoms with E-state index in [4.69, 9.17) is 14.5 Å². The Hall–Kier alpha value is -2.14. The van der Waals surface area contributed by atoms with Gasteiger partial charge in [-0.1, -0.05) is 36.9 Å². The summed E-state index contributed by atoms with van der Waals surface area (Å²) in [5, 5.41) is 1.06. The number of aryl methyl sites for hydroxylation is 1. The van der Waals surface area contributed by atoms with Gasteiger partial charge in [-0.3, -0.25) is 0 Å². The Kier molecular flexibility index (Phi) is 5.64. The first-order valence-corrected chi connectivity index (χ1v) is 9.15. The van der Waals surface area contributed by atoms with Crippen LogP contribution in [0.15, 0.2) is 53.7 Å². The SMILES string of the molecule is CCCn1c(SCCOc2cccc(OC)c2)nc2ccccc21. The second-order valence-corrected chi connectivity index (χ2v) is 6.47. The third-order valence-electron chi connectivity index (χ3n) is 3.69. The van der Waals surface area contributed by atoms with Gasteiger partial charge < -0.3 is 14.0 Å². The summed E-state index contributed by atoms with van der Waals surface area (Å²) in [5.74, 6) is 2.49. The highest BCUT2D eigenvalue weighted by molar-refractivity contribution is 7.99. The van der Waals surface area contributed by atoms with Crippen molar-refractivity contribution < 1.29 is 9.47 Å². The number of para-hydroxylation sites is 2. The lowest BCUT2D eigenvalue weighted by molar-refractivity contribution is 0.339. The molecule has 0 atom stereocenters. The van der Waals surface area contributed by atoms with E-state index >= 15 is 0 Å². The Bertz CT molecular complexity index is 801. The third kappa shape index (κ3) is 3.85. The average Bonchev–Trinajstić information content (AvgIpc) is 2.97. The van der Waals surface area contributed by atoms with Crippen LogP contribution in [0.1, 0.15) is 13.3 Å². The Labute approximate surface area is 146 Å². The van der Waals surface area contributed by atoms with Gasteiger partial charge in [0.2, 0.25) is 0 Å². The van der Waals surface area contributed by atoms with E-state index < -0.39 is 0 Å². The van der Waals surface area contributed by atoms with Crippen molar-refractivity contribution in [2.24, 2.45) is 0 Å². The first kappa shape index (κ1) is 16.7. The molecular formula is C19H22N2O2S. The van der Waals surface area contributed by atoms with Crippen LogP contribution in [0, 0.1) is 0 Å². The molecule has 0 unspecified atom stereocenters. The van der Waals surface area contributed by atoms with E-state index in [-0.39, 0.29) is 0 Å². The summed E-state index contributed by atoms with van der Waals surface area (Å²) < 4.78 is 13.3. The molecule has 3 rings (SSSR count). The number of hydrogen-bond acceptors (Lipinski definition) is 4. The van der Waals surface area contributed by atoms with Crippen molar-refractivity contribution in [1.82, 2.24) is 9.55 Å². The molecule has 0 radical (unpaired) electrons. The molecule has 3 aromatic rings. The maximum Gasteiger partial charge on any atom is 0.169 e. The Morgan fingerprint density at radius 2 is 1.92 bits per heavy atom. The smallest absolute Gasteiger partial charge is 0.169 e.